The molecular formula is C20H40O3. The van der Waals surface area contributed by atoms with E-state index in [0.29, 0.717) is 0 Å². The van der Waals surface area contributed by atoms with Gasteiger partial charge < -0.3 is 9.84 Å². The number of carbonyl (C=O) groups is 1. The third-order valence-electron chi connectivity index (χ3n) is 4.62. The maximum absolute atomic E-state index is 10.6. The van der Waals surface area contributed by atoms with Crippen molar-refractivity contribution in [3.63, 3.8) is 0 Å². The molecule has 23 heavy (non-hydrogen) atoms. The summed E-state index contributed by atoms with van der Waals surface area (Å²) >= 11 is 0. The highest BCUT2D eigenvalue weighted by molar-refractivity contribution is 5.67. The molecule has 0 saturated carbocycles. The van der Waals surface area contributed by atoms with E-state index in [1.54, 1.807) is 7.11 Å². The molecule has 1 atom stereocenters. The molecule has 3 nitrogen and oxygen atoms in total. The second-order valence-corrected chi connectivity index (χ2v) is 6.84. The summed E-state index contributed by atoms with van der Waals surface area (Å²) in [4.78, 5) is 10.6. The minimum atomic E-state index is -0.762. The maximum atomic E-state index is 10.6. The molecule has 0 fully saturated rings. The van der Waals surface area contributed by atoms with Gasteiger partial charge in [-0.15, -0.1) is 0 Å². The van der Waals surface area contributed by atoms with Crippen molar-refractivity contribution < 1.29 is 14.6 Å². The van der Waals surface area contributed by atoms with Crippen LogP contribution in [0, 0.1) is 0 Å². The van der Waals surface area contributed by atoms with Gasteiger partial charge >= 0.3 is 5.97 Å². The third-order valence-corrected chi connectivity index (χ3v) is 4.62. The average Bonchev–Trinajstić information content (AvgIpc) is 2.53. The lowest BCUT2D eigenvalue weighted by atomic mass is 10.0. The molecule has 0 aromatic rings. The number of hydrogen-bond acceptors (Lipinski definition) is 2. The van der Waals surface area contributed by atoms with Crippen molar-refractivity contribution in [2.45, 2.75) is 116 Å². The number of carboxylic acid groups (broad SMARTS) is 1. The normalized spacial score (nSPS) is 12.4. The van der Waals surface area contributed by atoms with Crippen LogP contribution in [0.4, 0.5) is 0 Å². The Morgan fingerprint density at radius 2 is 1.17 bits per heavy atom. The third kappa shape index (κ3) is 17.6. The van der Waals surface area contributed by atoms with Crippen LogP contribution in [0.2, 0.25) is 0 Å². The van der Waals surface area contributed by atoms with E-state index >= 15 is 0 Å². The minimum absolute atomic E-state index is 0.107. The molecule has 0 rings (SSSR count). The molecule has 0 heterocycles. The molecule has 0 aromatic heterocycles. The zero-order chi connectivity index (χ0) is 17.2. The molecule has 0 aromatic carbocycles. The molecule has 0 radical (unpaired) electrons. The minimum Gasteiger partial charge on any atom is -0.481 e. The molecule has 0 aliphatic heterocycles. The van der Waals surface area contributed by atoms with Crippen LogP contribution in [-0.2, 0) is 9.53 Å². The Morgan fingerprint density at radius 1 is 0.783 bits per heavy atom. The van der Waals surface area contributed by atoms with Gasteiger partial charge in [-0.25, -0.2) is 0 Å². The van der Waals surface area contributed by atoms with E-state index in [4.69, 9.17) is 9.84 Å². The monoisotopic (exact) mass is 328 g/mol. The van der Waals surface area contributed by atoms with E-state index in [2.05, 4.69) is 6.92 Å². The van der Waals surface area contributed by atoms with Gasteiger partial charge in [-0.2, -0.15) is 0 Å². The Bertz CT molecular complexity index is 253. The summed E-state index contributed by atoms with van der Waals surface area (Å²) in [6.07, 6.45) is 19.8. The molecule has 0 aliphatic rings. The molecular weight excluding hydrogens is 288 g/mol. The number of ether oxygens (including phenoxy) is 1. The van der Waals surface area contributed by atoms with Gasteiger partial charge in [0.2, 0.25) is 0 Å². The predicted molar refractivity (Wildman–Crippen MR) is 98.0 cm³/mol. The van der Waals surface area contributed by atoms with E-state index in [-0.39, 0.29) is 12.5 Å². The lowest BCUT2D eigenvalue weighted by molar-refractivity contribution is -0.139. The summed E-state index contributed by atoms with van der Waals surface area (Å²) < 4.78 is 5.19. The fraction of sp³-hybridized carbons (Fsp3) is 0.950. The maximum Gasteiger partial charge on any atom is 0.305 e. The first-order valence-corrected chi connectivity index (χ1v) is 9.95. The van der Waals surface area contributed by atoms with Gasteiger partial charge in [-0.05, 0) is 6.42 Å². The fourth-order valence-electron chi connectivity index (χ4n) is 3.06. The standard InChI is InChI=1S/C20H40O3/c1-3-4-5-6-7-8-9-10-11-12-13-14-15-16-17-19(23-2)18-20(21)22/h19H,3-18H2,1-2H3,(H,21,22). The van der Waals surface area contributed by atoms with Crippen LogP contribution in [0.5, 0.6) is 0 Å². The number of rotatable bonds is 18. The van der Waals surface area contributed by atoms with Gasteiger partial charge in [-0.1, -0.05) is 96.8 Å². The van der Waals surface area contributed by atoms with Crippen LogP contribution in [0.15, 0.2) is 0 Å². The van der Waals surface area contributed by atoms with Crippen molar-refractivity contribution >= 4 is 5.97 Å². The molecule has 0 bridgehead atoms. The summed E-state index contributed by atoms with van der Waals surface area (Å²) in [6.45, 7) is 2.27. The molecule has 0 aliphatic carbocycles. The zero-order valence-corrected chi connectivity index (χ0v) is 15.7. The zero-order valence-electron chi connectivity index (χ0n) is 15.7. The van der Waals surface area contributed by atoms with Crippen LogP contribution >= 0.6 is 0 Å². The van der Waals surface area contributed by atoms with Crippen LogP contribution < -0.4 is 0 Å². The molecule has 1 unspecified atom stereocenters. The average molecular weight is 329 g/mol. The van der Waals surface area contributed by atoms with Crippen molar-refractivity contribution in [2.24, 2.45) is 0 Å². The molecule has 138 valence electrons. The Morgan fingerprint density at radius 3 is 1.52 bits per heavy atom. The van der Waals surface area contributed by atoms with Gasteiger partial charge in [0.25, 0.3) is 0 Å². The number of hydrogen-bond donors (Lipinski definition) is 1. The summed E-state index contributed by atoms with van der Waals surface area (Å²) in [5, 5.41) is 8.75. The van der Waals surface area contributed by atoms with E-state index in [0.717, 1.165) is 12.8 Å². The number of aliphatic carboxylic acids is 1. The quantitative estimate of drug-likeness (QED) is 0.298. The van der Waals surface area contributed by atoms with Crippen LogP contribution in [-0.4, -0.2) is 24.3 Å². The van der Waals surface area contributed by atoms with Gasteiger partial charge in [0.15, 0.2) is 0 Å². The first kappa shape index (κ1) is 22.4. The lowest BCUT2D eigenvalue weighted by Crippen LogP contribution is -2.15. The molecule has 0 amide bonds. The first-order chi connectivity index (χ1) is 11.2. The highest BCUT2D eigenvalue weighted by Crippen LogP contribution is 2.14. The van der Waals surface area contributed by atoms with Gasteiger partial charge in [0.1, 0.15) is 0 Å². The topological polar surface area (TPSA) is 46.5 Å². The summed E-state index contributed by atoms with van der Waals surface area (Å²) in [5.74, 6) is -0.762. The Balaban J connectivity index is 3.17. The predicted octanol–water partition coefficient (Wildman–Crippen LogP) is 6.35. The number of methoxy groups -OCH3 is 1. The Hall–Kier alpha value is -0.570. The van der Waals surface area contributed by atoms with Gasteiger partial charge in [0, 0.05) is 7.11 Å². The van der Waals surface area contributed by atoms with Crippen LogP contribution in [0.25, 0.3) is 0 Å². The second-order valence-electron chi connectivity index (χ2n) is 6.84. The van der Waals surface area contributed by atoms with Crippen LogP contribution in [0.3, 0.4) is 0 Å². The van der Waals surface area contributed by atoms with E-state index in [1.165, 1.54) is 83.5 Å². The molecule has 1 N–H and O–H groups in total. The number of carboxylic acids is 1. The Labute approximate surface area is 144 Å². The van der Waals surface area contributed by atoms with E-state index in [9.17, 15) is 4.79 Å². The van der Waals surface area contributed by atoms with E-state index < -0.39 is 5.97 Å². The van der Waals surface area contributed by atoms with Crippen LogP contribution in [0.1, 0.15) is 110 Å². The summed E-state index contributed by atoms with van der Waals surface area (Å²) in [7, 11) is 1.61. The second kappa shape index (κ2) is 17.8. The number of unbranched alkanes of at least 4 members (excludes halogenated alkanes) is 13. The lowest BCUT2D eigenvalue weighted by Gasteiger charge is -2.12. The van der Waals surface area contributed by atoms with Gasteiger partial charge in [-0.3, -0.25) is 4.79 Å². The van der Waals surface area contributed by atoms with Crippen molar-refractivity contribution in [3.8, 4) is 0 Å². The van der Waals surface area contributed by atoms with Crippen molar-refractivity contribution in [1.82, 2.24) is 0 Å². The SMILES string of the molecule is CCCCCCCCCCCCCCCCC(CC(=O)O)OC. The fourth-order valence-corrected chi connectivity index (χ4v) is 3.06. The highest BCUT2D eigenvalue weighted by Gasteiger charge is 2.11. The summed E-state index contributed by atoms with van der Waals surface area (Å²) in [6, 6.07) is 0. The van der Waals surface area contributed by atoms with E-state index in [1.807, 2.05) is 0 Å². The van der Waals surface area contributed by atoms with Crippen molar-refractivity contribution in [2.75, 3.05) is 7.11 Å². The largest absolute Gasteiger partial charge is 0.481 e. The van der Waals surface area contributed by atoms with Crippen molar-refractivity contribution in [1.29, 1.82) is 0 Å². The Kier molecular flexibility index (Phi) is 17.3. The summed E-state index contributed by atoms with van der Waals surface area (Å²) in [5.41, 5.74) is 0. The molecule has 0 saturated heterocycles. The first-order valence-electron chi connectivity index (χ1n) is 9.95. The smallest absolute Gasteiger partial charge is 0.305 e. The highest BCUT2D eigenvalue weighted by atomic mass is 16.5. The molecule has 0 spiro atoms. The van der Waals surface area contributed by atoms with Crippen molar-refractivity contribution in [3.05, 3.63) is 0 Å². The van der Waals surface area contributed by atoms with Gasteiger partial charge in [0.05, 0.1) is 12.5 Å². The molecule has 3 heteroatoms.